The molecule has 0 atom stereocenters. The fourth-order valence-corrected chi connectivity index (χ4v) is 5.03. The van der Waals surface area contributed by atoms with E-state index < -0.39 is 15.8 Å². The van der Waals surface area contributed by atoms with Gasteiger partial charge >= 0.3 is 0 Å². The van der Waals surface area contributed by atoms with Gasteiger partial charge in [-0.3, -0.25) is 14.1 Å². The molecule has 0 aliphatic carbocycles. The number of anilines is 2. The SMILES string of the molecule is Cc1cc(C(=O)Nc2ccc3c(c2)N(S(=O)(=O)c2ccc(F)cc2)CCC3)ccn1. The number of rotatable bonds is 4. The normalized spacial score (nSPS) is 13.6. The van der Waals surface area contributed by atoms with E-state index in [0.29, 0.717) is 29.9 Å². The van der Waals surface area contributed by atoms with Crippen LogP contribution in [-0.2, 0) is 16.4 Å². The molecular formula is C22H20FN3O3S. The van der Waals surface area contributed by atoms with Gasteiger partial charge in [0.2, 0.25) is 0 Å². The fourth-order valence-electron chi connectivity index (χ4n) is 3.49. The Morgan fingerprint density at radius 3 is 2.60 bits per heavy atom. The number of pyridine rings is 1. The van der Waals surface area contributed by atoms with Crippen molar-refractivity contribution in [3.05, 3.63) is 83.4 Å². The number of hydrogen-bond donors (Lipinski definition) is 1. The molecule has 2 heterocycles. The zero-order chi connectivity index (χ0) is 21.3. The molecule has 0 saturated carbocycles. The van der Waals surface area contributed by atoms with Crippen LogP contribution in [0.4, 0.5) is 15.8 Å². The van der Waals surface area contributed by atoms with Crippen LogP contribution in [0.3, 0.4) is 0 Å². The summed E-state index contributed by atoms with van der Waals surface area (Å²) in [7, 11) is -3.85. The number of carbonyl (C=O) groups excluding carboxylic acids is 1. The summed E-state index contributed by atoms with van der Waals surface area (Å²) in [5, 5.41) is 2.82. The van der Waals surface area contributed by atoms with Gasteiger partial charge in [-0.1, -0.05) is 6.07 Å². The number of nitrogens with zero attached hydrogens (tertiary/aromatic N) is 2. The highest BCUT2D eigenvalue weighted by atomic mass is 32.2. The van der Waals surface area contributed by atoms with Gasteiger partial charge in [0, 0.05) is 29.7 Å². The maximum absolute atomic E-state index is 13.2. The third kappa shape index (κ3) is 3.91. The van der Waals surface area contributed by atoms with Crippen molar-refractivity contribution in [1.29, 1.82) is 0 Å². The first-order chi connectivity index (χ1) is 14.3. The van der Waals surface area contributed by atoms with E-state index in [0.717, 1.165) is 29.8 Å². The summed E-state index contributed by atoms with van der Waals surface area (Å²) in [4.78, 5) is 16.7. The molecular weight excluding hydrogens is 405 g/mol. The minimum absolute atomic E-state index is 0.0263. The summed E-state index contributed by atoms with van der Waals surface area (Å²) < 4.78 is 40.9. The Morgan fingerprint density at radius 2 is 1.87 bits per heavy atom. The van der Waals surface area contributed by atoms with Crippen molar-refractivity contribution in [3.8, 4) is 0 Å². The van der Waals surface area contributed by atoms with E-state index in [1.54, 1.807) is 37.4 Å². The molecule has 0 radical (unpaired) electrons. The standard InChI is InChI=1S/C22H20FN3O3S/c1-15-13-17(10-11-24-15)22(27)25-19-7-4-16-3-2-12-26(21(16)14-19)30(28,29)20-8-5-18(23)6-9-20/h4-11,13-14H,2-3,12H2,1H3,(H,25,27). The molecule has 4 rings (SSSR count). The van der Waals surface area contributed by atoms with Crippen molar-refractivity contribution in [2.75, 3.05) is 16.2 Å². The van der Waals surface area contributed by atoms with Crippen molar-refractivity contribution in [1.82, 2.24) is 4.98 Å². The molecule has 1 aliphatic heterocycles. The van der Waals surface area contributed by atoms with Gasteiger partial charge in [0.25, 0.3) is 15.9 Å². The fraction of sp³-hybridized carbons (Fsp3) is 0.182. The lowest BCUT2D eigenvalue weighted by Gasteiger charge is -2.31. The van der Waals surface area contributed by atoms with Crippen LogP contribution in [0.5, 0.6) is 0 Å². The molecule has 0 bridgehead atoms. The topological polar surface area (TPSA) is 79.4 Å². The highest BCUT2D eigenvalue weighted by Crippen LogP contribution is 2.34. The Hall–Kier alpha value is -3.26. The van der Waals surface area contributed by atoms with Gasteiger partial charge in [-0.15, -0.1) is 0 Å². The first kappa shape index (κ1) is 20.0. The average molecular weight is 425 g/mol. The Morgan fingerprint density at radius 1 is 1.10 bits per heavy atom. The summed E-state index contributed by atoms with van der Waals surface area (Å²) in [6.07, 6.45) is 2.98. The summed E-state index contributed by atoms with van der Waals surface area (Å²) >= 11 is 0. The highest BCUT2D eigenvalue weighted by Gasteiger charge is 2.29. The zero-order valence-corrected chi connectivity index (χ0v) is 17.1. The van der Waals surface area contributed by atoms with Crippen LogP contribution in [0.2, 0.25) is 0 Å². The van der Waals surface area contributed by atoms with Gasteiger partial charge in [-0.2, -0.15) is 0 Å². The number of hydrogen-bond acceptors (Lipinski definition) is 4. The Bertz CT molecular complexity index is 1210. The molecule has 0 fully saturated rings. The molecule has 1 aromatic heterocycles. The number of sulfonamides is 1. The van der Waals surface area contributed by atoms with Gasteiger partial charge in [0.05, 0.1) is 10.6 Å². The Kier molecular flexibility index (Phi) is 5.26. The molecule has 2 aromatic carbocycles. The first-order valence-electron chi connectivity index (χ1n) is 9.50. The van der Waals surface area contributed by atoms with Crippen LogP contribution >= 0.6 is 0 Å². The predicted molar refractivity (Wildman–Crippen MR) is 113 cm³/mol. The van der Waals surface area contributed by atoms with Crippen LogP contribution in [0.1, 0.15) is 28.0 Å². The van der Waals surface area contributed by atoms with Crippen LogP contribution in [0, 0.1) is 12.7 Å². The molecule has 1 amide bonds. The summed E-state index contributed by atoms with van der Waals surface area (Å²) in [6.45, 7) is 2.11. The van der Waals surface area contributed by atoms with Crippen LogP contribution in [-0.4, -0.2) is 25.9 Å². The van der Waals surface area contributed by atoms with E-state index in [4.69, 9.17) is 0 Å². The Labute approximate surface area is 174 Å². The number of aryl methyl sites for hydroxylation is 2. The Balaban J connectivity index is 1.66. The zero-order valence-electron chi connectivity index (χ0n) is 16.3. The number of fused-ring (bicyclic) bond motifs is 1. The van der Waals surface area contributed by atoms with Gasteiger partial charge in [-0.05, 0) is 73.9 Å². The molecule has 0 unspecified atom stereocenters. The summed E-state index contributed by atoms with van der Waals surface area (Å²) in [5.74, 6) is -0.798. The number of carbonyl (C=O) groups is 1. The lowest BCUT2D eigenvalue weighted by Crippen LogP contribution is -2.35. The monoisotopic (exact) mass is 425 g/mol. The lowest BCUT2D eigenvalue weighted by atomic mass is 10.0. The number of benzene rings is 2. The van der Waals surface area contributed by atoms with E-state index in [1.807, 2.05) is 6.07 Å². The van der Waals surface area contributed by atoms with Gasteiger partial charge in [0.15, 0.2) is 0 Å². The van der Waals surface area contributed by atoms with E-state index in [9.17, 15) is 17.6 Å². The second-order valence-corrected chi connectivity index (χ2v) is 8.98. The van der Waals surface area contributed by atoms with Crippen molar-refractivity contribution in [2.45, 2.75) is 24.7 Å². The third-order valence-electron chi connectivity index (χ3n) is 4.98. The molecule has 1 aliphatic rings. The molecule has 30 heavy (non-hydrogen) atoms. The van der Waals surface area contributed by atoms with Crippen LogP contribution in [0.15, 0.2) is 65.7 Å². The minimum Gasteiger partial charge on any atom is -0.322 e. The molecule has 8 heteroatoms. The number of aromatic nitrogens is 1. The van der Waals surface area contributed by atoms with E-state index in [-0.39, 0.29) is 10.8 Å². The molecule has 154 valence electrons. The maximum atomic E-state index is 13.2. The van der Waals surface area contributed by atoms with Crippen LogP contribution < -0.4 is 9.62 Å². The quantitative estimate of drug-likeness (QED) is 0.687. The molecule has 0 saturated heterocycles. The van der Waals surface area contributed by atoms with Crippen molar-refractivity contribution < 1.29 is 17.6 Å². The average Bonchev–Trinajstić information content (AvgIpc) is 2.73. The number of amides is 1. The van der Waals surface area contributed by atoms with Crippen LogP contribution in [0.25, 0.3) is 0 Å². The number of nitrogens with one attached hydrogen (secondary N) is 1. The highest BCUT2D eigenvalue weighted by molar-refractivity contribution is 7.92. The largest absolute Gasteiger partial charge is 0.322 e. The predicted octanol–water partition coefficient (Wildman–Crippen LogP) is 3.92. The van der Waals surface area contributed by atoms with Gasteiger partial charge in [0.1, 0.15) is 5.82 Å². The number of halogens is 1. The van der Waals surface area contributed by atoms with E-state index in [1.165, 1.54) is 16.4 Å². The molecule has 3 aromatic rings. The van der Waals surface area contributed by atoms with E-state index >= 15 is 0 Å². The van der Waals surface area contributed by atoms with E-state index in [2.05, 4.69) is 10.3 Å². The maximum Gasteiger partial charge on any atom is 0.264 e. The smallest absolute Gasteiger partial charge is 0.264 e. The van der Waals surface area contributed by atoms with Crippen molar-refractivity contribution >= 4 is 27.3 Å². The second kappa shape index (κ2) is 7.87. The first-order valence-corrected chi connectivity index (χ1v) is 10.9. The van der Waals surface area contributed by atoms with Crippen molar-refractivity contribution in [3.63, 3.8) is 0 Å². The van der Waals surface area contributed by atoms with Crippen molar-refractivity contribution in [2.24, 2.45) is 0 Å². The summed E-state index contributed by atoms with van der Waals surface area (Å²) in [5.41, 5.74) is 3.09. The van der Waals surface area contributed by atoms with Gasteiger partial charge < -0.3 is 5.32 Å². The second-order valence-electron chi connectivity index (χ2n) is 7.12. The molecule has 0 spiro atoms. The summed E-state index contributed by atoms with van der Waals surface area (Å²) in [6, 6.07) is 13.3. The minimum atomic E-state index is -3.85. The lowest BCUT2D eigenvalue weighted by molar-refractivity contribution is 0.102. The molecule has 6 nitrogen and oxygen atoms in total. The van der Waals surface area contributed by atoms with Gasteiger partial charge in [-0.25, -0.2) is 12.8 Å². The third-order valence-corrected chi connectivity index (χ3v) is 6.81. The molecule has 1 N–H and O–H groups in total.